The average Bonchev–Trinajstić information content (AvgIpc) is 2.84. The zero-order valence-corrected chi connectivity index (χ0v) is 11.1. The van der Waals surface area contributed by atoms with Gasteiger partial charge in [0.15, 0.2) is 11.5 Å². The van der Waals surface area contributed by atoms with E-state index in [1.54, 1.807) is 0 Å². The lowest BCUT2D eigenvalue weighted by molar-refractivity contribution is 0.174. The Labute approximate surface area is 117 Å². The van der Waals surface area contributed by atoms with Gasteiger partial charge < -0.3 is 20.1 Å². The fraction of sp³-hybridized carbons (Fsp3) is 0.250. The van der Waals surface area contributed by atoms with Crippen LogP contribution < -0.4 is 20.1 Å². The Morgan fingerprint density at radius 1 is 0.950 bits per heavy atom. The molecule has 2 aromatic rings. The highest BCUT2D eigenvalue weighted by Crippen LogP contribution is 2.37. The normalized spacial score (nSPS) is 19.5. The third-order valence-corrected chi connectivity index (χ3v) is 3.80. The molecule has 20 heavy (non-hydrogen) atoms. The van der Waals surface area contributed by atoms with Gasteiger partial charge in [-0.15, -0.1) is 0 Å². The van der Waals surface area contributed by atoms with Crippen molar-refractivity contribution in [2.75, 3.05) is 24.0 Å². The lowest BCUT2D eigenvalue weighted by Gasteiger charge is -2.18. The molecule has 2 N–H and O–H groups in total. The van der Waals surface area contributed by atoms with E-state index in [1.165, 1.54) is 5.56 Å². The van der Waals surface area contributed by atoms with Gasteiger partial charge in [-0.2, -0.15) is 0 Å². The molecule has 2 heterocycles. The molecule has 4 nitrogen and oxygen atoms in total. The molecule has 0 spiro atoms. The van der Waals surface area contributed by atoms with E-state index in [2.05, 4.69) is 47.0 Å². The highest BCUT2D eigenvalue weighted by molar-refractivity contribution is 5.70. The first kappa shape index (κ1) is 11.5. The topological polar surface area (TPSA) is 42.5 Å². The van der Waals surface area contributed by atoms with Crippen LogP contribution in [0.1, 0.15) is 18.0 Å². The standard InChI is InChI=1S/C16H16N2O2/c1-2-4-14-13(3-1)17-8-7-12(18-14)11-5-6-15-16(9-11)20-10-19-15/h1-6,9,12,17-18H,7-8,10H2/t12-/m0/s1. The molecule has 0 aliphatic carbocycles. The molecular formula is C16H16N2O2. The van der Waals surface area contributed by atoms with E-state index in [1.807, 2.05) is 6.07 Å². The number of fused-ring (bicyclic) bond motifs is 2. The largest absolute Gasteiger partial charge is 0.454 e. The van der Waals surface area contributed by atoms with Crippen LogP contribution >= 0.6 is 0 Å². The Hall–Kier alpha value is -2.36. The highest BCUT2D eigenvalue weighted by atomic mass is 16.7. The van der Waals surface area contributed by atoms with Gasteiger partial charge in [-0.1, -0.05) is 18.2 Å². The average molecular weight is 268 g/mol. The van der Waals surface area contributed by atoms with Gasteiger partial charge in [0.1, 0.15) is 0 Å². The van der Waals surface area contributed by atoms with Crippen molar-refractivity contribution < 1.29 is 9.47 Å². The minimum atomic E-state index is 0.278. The SMILES string of the molecule is c1ccc2c(c1)NCC[C@@H](c1ccc3c(c1)OCO3)N2. The fourth-order valence-electron chi connectivity index (χ4n) is 2.75. The highest BCUT2D eigenvalue weighted by Gasteiger charge is 2.20. The molecule has 2 aliphatic rings. The van der Waals surface area contributed by atoms with Crippen molar-refractivity contribution in [1.29, 1.82) is 0 Å². The van der Waals surface area contributed by atoms with Crippen molar-refractivity contribution in [2.45, 2.75) is 12.5 Å². The van der Waals surface area contributed by atoms with Gasteiger partial charge in [0.25, 0.3) is 0 Å². The molecule has 4 rings (SSSR count). The maximum absolute atomic E-state index is 5.47. The van der Waals surface area contributed by atoms with Crippen molar-refractivity contribution >= 4 is 11.4 Å². The Kier molecular flexibility index (Phi) is 2.66. The lowest BCUT2D eigenvalue weighted by Crippen LogP contribution is -2.11. The van der Waals surface area contributed by atoms with Crippen molar-refractivity contribution in [3.05, 3.63) is 48.0 Å². The van der Waals surface area contributed by atoms with E-state index in [4.69, 9.17) is 9.47 Å². The van der Waals surface area contributed by atoms with Crippen LogP contribution in [0.5, 0.6) is 11.5 Å². The van der Waals surface area contributed by atoms with Gasteiger partial charge in [0.05, 0.1) is 17.4 Å². The number of hydrogen-bond acceptors (Lipinski definition) is 4. The number of benzene rings is 2. The molecule has 1 atom stereocenters. The molecule has 0 saturated heterocycles. The summed E-state index contributed by atoms with van der Waals surface area (Å²) in [6, 6.07) is 14.8. The Bertz CT molecular complexity index is 642. The van der Waals surface area contributed by atoms with Crippen LogP contribution in [0.2, 0.25) is 0 Å². The zero-order valence-electron chi connectivity index (χ0n) is 11.1. The molecule has 102 valence electrons. The zero-order chi connectivity index (χ0) is 13.4. The first-order valence-electron chi connectivity index (χ1n) is 6.89. The third kappa shape index (κ3) is 1.93. The molecule has 0 aromatic heterocycles. The maximum Gasteiger partial charge on any atom is 0.231 e. The second-order valence-electron chi connectivity index (χ2n) is 5.07. The van der Waals surface area contributed by atoms with E-state index >= 15 is 0 Å². The van der Waals surface area contributed by atoms with Crippen molar-refractivity contribution in [2.24, 2.45) is 0 Å². The maximum atomic E-state index is 5.47. The summed E-state index contributed by atoms with van der Waals surface area (Å²) in [5.74, 6) is 1.68. The minimum absolute atomic E-state index is 0.278. The molecule has 0 fully saturated rings. The van der Waals surface area contributed by atoms with Gasteiger partial charge in [-0.3, -0.25) is 0 Å². The summed E-state index contributed by atoms with van der Waals surface area (Å²) in [5, 5.41) is 7.07. The fourth-order valence-corrected chi connectivity index (χ4v) is 2.75. The molecule has 0 bridgehead atoms. The summed E-state index contributed by atoms with van der Waals surface area (Å²) >= 11 is 0. The number of hydrogen-bond donors (Lipinski definition) is 2. The van der Waals surface area contributed by atoms with Crippen molar-refractivity contribution in [3.63, 3.8) is 0 Å². The first-order chi connectivity index (χ1) is 9.90. The van der Waals surface area contributed by atoms with Crippen molar-refractivity contribution in [3.8, 4) is 11.5 Å². The quantitative estimate of drug-likeness (QED) is 0.832. The van der Waals surface area contributed by atoms with Gasteiger partial charge in [0.2, 0.25) is 6.79 Å². The lowest BCUT2D eigenvalue weighted by atomic mass is 10.0. The summed E-state index contributed by atoms with van der Waals surface area (Å²) in [5.41, 5.74) is 3.54. The van der Waals surface area contributed by atoms with E-state index < -0.39 is 0 Å². The molecular weight excluding hydrogens is 252 g/mol. The number of para-hydroxylation sites is 2. The number of anilines is 2. The molecule has 0 radical (unpaired) electrons. The number of nitrogens with one attached hydrogen (secondary N) is 2. The number of rotatable bonds is 1. The predicted molar refractivity (Wildman–Crippen MR) is 78.5 cm³/mol. The van der Waals surface area contributed by atoms with E-state index in [0.717, 1.165) is 35.8 Å². The van der Waals surface area contributed by atoms with Gasteiger partial charge in [0, 0.05) is 6.54 Å². The number of ether oxygens (including phenoxy) is 2. The molecule has 2 aromatic carbocycles. The molecule has 0 unspecified atom stereocenters. The summed E-state index contributed by atoms with van der Waals surface area (Å²) in [7, 11) is 0. The van der Waals surface area contributed by atoms with Gasteiger partial charge in [-0.05, 0) is 36.2 Å². The van der Waals surface area contributed by atoms with E-state index in [0.29, 0.717) is 6.79 Å². The third-order valence-electron chi connectivity index (χ3n) is 3.80. The van der Waals surface area contributed by atoms with Crippen LogP contribution in [0, 0.1) is 0 Å². The Morgan fingerprint density at radius 3 is 2.75 bits per heavy atom. The second-order valence-corrected chi connectivity index (χ2v) is 5.07. The van der Waals surface area contributed by atoms with Crippen molar-refractivity contribution in [1.82, 2.24) is 0 Å². The minimum Gasteiger partial charge on any atom is -0.454 e. The summed E-state index contributed by atoms with van der Waals surface area (Å²) in [4.78, 5) is 0. The monoisotopic (exact) mass is 268 g/mol. The van der Waals surface area contributed by atoms with Crippen LogP contribution in [-0.2, 0) is 0 Å². The Balaban J connectivity index is 1.66. The molecule has 4 heteroatoms. The smallest absolute Gasteiger partial charge is 0.231 e. The van der Waals surface area contributed by atoms with Crippen LogP contribution in [0.4, 0.5) is 11.4 Å². The molecule has 2 aliphatic heterocycles. The summed E-state index contributed by atoms with van der Waals surface area (Å²) in [6.07, 6.45) is 1.02. The van der Waals surface area contributed by atoms with Crippen LogP contribution in [0.25, 0.3) is 0 Å². The summed E-state index contributed by atoms with van der Waals surface area (Å²) < 4.78 is 10.8. The predicted octanol–water partition coefficient (Wildman–Crippen LogP) is 3.38. The van der Waals surface area contributed by atoms with Crippen LogP contribution in [0.15, 0.2) is 42.5 Å². The van der Waals surface area contributed by atoms with E-state index in [-0.39, 0.29) is 6.04 Å². The first-order valence-corrected chi connectivity index (χ1v) is 6.89. The van der Waals surface area contributed by atoms with Crippen LogP contribution in [0.3, 0.4) is 0 Å². The summed E-state index contributed by atoms with van der Waals surface area (Å²) in [6.45, 7) is 1.27. The van der Waals surface area contributed by atoms with Gasteiger partial charge >= 0.3 is 0 Å². The van der Waals surface area contributed by atoms with Crippen LogP contribution in [-0.4, -0.2) is 13.3 Å². The molecule has 0 amide bonds. The second kappa shape index (κ2) is 4.63. The Morgan fingerprint density at radius 2 is 1.80 bits per heavy atom. The van der Waals surface area contributed by atoms with E-state index in [9.17, 15) is 0 Å². The molecule has 0 saturated carbocycles. The van der Waals surface area contributed by atoms with Gasteiger partial charge in [-0.25, -0.2) is 0 Å².